The van der Waals surface area contributed by atoms with E-state index in [2.05, 4.69) is 86.7 Å². The van der Waals surface area contributed by atoms with Crippen LogP contribution in [0.25, 0.3) is 21.3 Å². The van der Waals surface area contributed by atoms with E-state index in [1.54, 1.807) is 29.4 Å². The Balaban J connectivity index is 1.71. The predicted molar refractivity (Wildman–Crippen MR) is 111 cm³/mol. The topological polar surface area (TPSA) is 25.8 Å². The molecule has 0 saturated heterocycles. The quantitative estimate of drug-likeness (QED) is 0.267. The lowest BCUT2D eigenvalue weighted by Crippen LogP contribution is -1.88. The van der Waals surface area contributed by atoms with Crippen LogP contribution in [0, 0.1) is 6.92 Å². The summed E-state index contributed by atoms with van der Waals surface area (Å²) in [7, 11) is 0. The van der Waals surface area contributed by atoms with E-state index in [1.807, 2.05) is 0 Å². The fourth-order valence-electron chi connectivity index (χ4n) is 2.75. The molecule has 0 radical (unpaired) electrons. The van der Waals surface area contributed by atoms with Gasteiger partial charge in [0.1, 0.15) is 16.2 Å². The van der Waals surface area contributed by atoms with Crippen molar-refractivity contribution in [2.24, 2.45) is 0 Å². The van der Waals surface area contributed by atoms with Gasteiger partial charge in [-0.3, -0.25) is 0 Å². The number of hydrogen-bond acceptors (Lipinski definition) is 4. The fraction of sp³-hybridized carbons (Fsp3) is 0.100. The molecule has 0 amide bonds. The zero-order valence-electron chi connectivity index (χ0n) is 13.6. The van der Waals surface area contributed by atoms with E-state index in [4.69, 9.17) is 0 Å². The first-order chi connectivity index (χ1) is 12.2. The molecule has 25 heavy (non-hydrogen) atoms. The predicted octanol–water partition coefficient (Wildman–Crippen LogP) is 6.72. The number of aromatic nitrogens is 2. The Hall–Kier alpha value is -1.69. The van der Waals surface area contributed by atoms with Crippen LogP contribution in [-0.4, -0.2) is 9.97 Å². The third-order valence-corrected chi connectivity index (χ3v) is 6.42. The van der Waals surface area contributed by atoms with E-state index in [-0.39, 0.29) is 0 Å². The molecular formula is C20H15BrN2S2. The number of halogens is 1. The standard InChI is InChI=1S/C20H15BrN2S2/c1-13-3-2-4-14(9-13)10-24-19-18-17(11-25-20(18)23-12-22-19)15-5-7-16(21)8-6-15/h2-9,11-12H,10H2,1H3. The molecule has 124 valence electrons. The Kier molecular flexibility index (Phi) is 4.88. The van der Waals surface area contributed by atoms with Crippen molar-refractivity contribution in [3.05, 3.63) is 75.8 Å². The van der Waals surface area contributed by atoms with Gasteiger partial charge in [0.05, 0.1) is 5.39 Å². The van der Waals surface area contributed by atoms with Gasteiger partial charge < -0.3 is 0 Å². The maximum Gasteiger partial charge on any atom is 0.128 e. The first-order valence-electron chi connectivity index (χ1n) is 7.87. The summed E-state index contributed by atoms with van der Waals surface area (Å²) in [4.78, 5) is 10.1. The van der Waals surface area contributed by atoms with Crippen molar-refractivity contribution in [1.29, 1.82) is 0 Å². The summed E-state index contributed by atoms with van der Waals surface area (Å²) in [5.74, 6) is 0.906. The molecule has 0 atom stereocenters. The second kappa shape index (κ2) is 7.28. The van der Waals surface area contributed by atoms with Crippen LogP contribution in [0.5, 0.6) is 0 Å². The second-order valence-corrected chi connectivity index (χ2v) is 8.53. The third kappa shape index (κ3) is 3.64. The van der Waals surface area contributed by atoms with Crippen LogP contribution in [0.4, 0.5) is 0 Å². The van der Waals surface area contributed by atoms with Crippen molar-refractivity contribution in [2.75, 3.05) is 0 Å². The van der Waals surface area contributed by atoms with Gasteiger partial charge in [-0.1, -0.05) is 57.9 Å². The van der Waals surface area contributed by atoms with Gasteiger partial charge in [0, 0.05) is 21.2 Å². The van der Waals surface area contributed by atoms with Gasteiger partial charge in [-0.25, -0.2) is 9.97 Å². The summed E-state index contributed by atoms with van der Waals surface area (Å²) in [5.41, 5.74) is 5.01. The van der Waals surface area contributed by atoms with Gasteiger partial charge >= 0.3 is 0 Å². The summed E-state index contributed by atoms with van der Waals surface area (Å²) in [5, 5.41) is 4.39. The minimum absolute atomic E-state index is 0.906. The average molecular weight is 427 g/mol. The number of hydrogen-bond donors (Lipinski definition) is 0. The monoisotopic (exact) mass is 426 g/mol. The molecule has 0 aliphatic rings. The van der Waals surface area contributed by atoms with Crippen LogP contribution in [-0.2, 0) is 5.75 Å². The molecule has 5 heteroatoms. The largest absolute Gasteiger partial charge is 0.229 e. The van der Waals surface area contributed by atoms with Crippen molar-refractivity contribution in [1.82, 2.24) is 9.97 Å². The number of nitrogens with zero attached hydrogens (tertiary/aromatic N) is 2. The Labute approximate surface area is 163 Å². The molecule has 2 heterocycles. The van der Waals surface area contributed by atoms with E-state index < -0.39 is 0 Å². The number of rotatable bonds is 4. The van der Waals surface area contributed by atoms with Crippen LogP contribution in [0.1, 0.15) is 11.1 Å². The summed E-state index contributed by atoms with van der Waals surface area (Å²) in [6.07, 6.45) is 1.67. The average Bonchev–Trinajstić information content (AvgIpc) is 3.05. The van der Waals surface area contributed by atoms with Gasteiger partial charge in [-0.15, -0.1) is 23.1 Å². The molecule has 2 nitrogen and oxygen atoms in total. The van der Waals surface area contributed by atoms with Gasteiger partial charge in [0.2, 0.25) is 0 Å². The van der Waals surface area contributed by atoms with Crippen LogP contribution >= 0.6 is 39.0 Å². The molecule has 0 spiro atoms. The van der Waals surface area contributed by atoms with Crippen molar-refractivity contribution in [3.8, 4) is 11.1 Å². The highest BCUT2D eigenvalue weighted by Crippen LogP contribution is 2.38. The van der Waals surface area contributed by atoms with E-state index in [9.17, 15) is 0 Å². The van der Waals surface area contributed by atoms with Crippen molar-refractivity contribution in [2.45, 2.75) is 17.7 Å². The van der Waals surface area contributed by atoms with E-state index in [0.717, 1.165) is 25.5 Å². The summed E-state index contributed by atoms with van der Waals surface area (Å²) in [6.45, 7) is 2.13. The van der Waals surface area contributed by atoms with Crippen LogP contribution < -0.4 is 0 Å². The number of benzene rings is 2. The number of thioether (sulfide) groups is 1. The molecular weight excluding hydrogens is 412 g/mol. The molecule has 2 aromatic heterocycles. The van der Waals surface area contributed by atoms with Crippen molar-refractivity contribution in [3.63, 3.8) is 0 Å². The maximum atomic E-state index is 4.57. The Bertz CT molecular complexity index is 1030. The molecule has 0 fully saturated rings. The highest BCUT2D eigenvalue weighted by Gasteiger charge is 2.13. The minimum atomic E-state index is 0.906. The fourth-order valence-corrected chi connectivity index (χ4v) is 4.95. The molecule has 0 bridgehead atoms. The van der Waals surface area contributed by atoms with Gasteiger partial charge in [0.25, 0.3) is 0 Å². The number of thiophene rings is 1. The molecule has 4 rings (SSSR count). The summed E-state index contributed by atoms with van der Waals surface area (Å²) < 4.78 is 1.08. The molecule has 2 aromatic carbocycles. The van der Waals surface area contributed by atoms with E-state index in [1.165, 1.54) is 22.3 Å². The van der Waals surface area contributed by atoms with Crippen LogP contribution in [0.3, 0.4) is 0 Å². The Morgan fingerprint density at radius 2 is 1.92 bits per heavy atom. The Morgan fingerprint density at radius 1 is 1.08 bits per heavy atom. The van der Waals surface area contributed by atoms with Gasteiger partial charge in [-0.2, -0.15) is 0 Å². The van der Waals surface area contributed by atoms with Gasteiger partial charge in [-0.05, 0) is 30.2 Å². The zero-order chi connectivity index (χ0) is 17.2. The van der Waals surface area contributed by atoms with E-state index in [0.29, 0.717) is 0 Å². The first-order valence-corrected chi connectivity index (χ1v) is 10.5. The lowest BCUT2D eigenvalue weighted by Gasteiger charge is -2.06. The summed E-state index contributed by atoms with van der Waals surface area (Å²) >= 11 is 6.95. The SMILES string of the molecule is Cc1cccc(CSc2ncnc3scc(-c4ccc(Br)cc4)c23)c1. The lowest BCUT2D eigenvalue weighted by atomic mass is 10.1. The molecule has 0 aliphatic heterocycles. The first kappa shape index (κ1) is 16.8. The molecule has 0 aliphatic carbocycles. The third-order valence-electron chi connectivity index (χ3n) is 3.95. The second-order valence-electron chi connectivity index (χ2n) is 5.79. The molecule has 0 unspecified atom stereocenters. The van der Waals surface area contributed by atoms with Gasteiger partial charge in [0.15, 0.2) is 0 Å². The zero-order valence-corrected chi connectivity index (χ0v) is 16.8. The summed E-state index contributed by atoms with van der Waals surface area (Å²) in [6, 6.07) is 17.0. The minimum Gasteiger partial charge on any atom is -0.229 e. The van der Waals surface area contributed by atoms with Crippen LogP contribution in [0.2, 0.25) is 0 Å². The molecule has 0 saturated carbocycles. The highest BCUT2D eigenvalue weighted by molar-refractivity contribution is 9.10. The van der Waals surface area contributed by atoms with Crippen LogP contribution in [0.15, 0.2) is 69.7 Å². The number of fused-ring (bicyclic) bond motifs is 1. The maximum absolute atomic E-state index is 4.57. The molecule has 0 N–H and O–H groups in total. The lowest BCUT2D eigenvalue weighted by molar-refractivity contribution is 1.11. The normalized spacial score (nSPS) is 11.1. The van der Waals surface area contributed by atoms with Crippen molar-refractivity contribution < 1.29 is 0 Å². The Morgan fingerprint density at radius 3 is 2.72 bits per heavy atom. The van der Waals surface area contributed by atoms with Crippen molar-refractivity contribution >= 4 is 49.2 Å². The highest BCUT2D eigenvalue weighted by atomic mass is 79.9. The van der Waals surface area contributed by atoms with E-state index >= 15 is 0 Å². The number of aryl methyl sites for hydroxylation is 1. The molecule has 4 aromatic rings. The smallest absolute Gasteiger partial charge is 0.128 e.